The SMILES string of the molecule is CCOC(=O)C1CCC(OC(N2CCCC2)N2C[C@@H](C)CC2(OC)OC)CC1. The Morgan fingerprint density at radius 2 is 1.75 bits per heavy atom. The van der Waals surface area contributed by atoms with Crippen LogP contribution in [0.5, 0.6) is 0 Å². The van der Waals surface area contributed by atoms with Gasteiger partial charge in [0, 0.05) is 40.3 Å². The number of likely N-dealkylation sites (tertiary alicyclic amines) is 2. The molecule has 0 bridgehead atoms. The highest BCUT2D eigenvalue weighted by Crippen LogP contribution is 2.39. The monoisotopic (exact) mass is 398 g/mol. The van der Waals surface area contributed by atoms with Crippen molar-refractivity contribution in [2.24, 2.45) is 11.8 Å². The van der Waals surface area contributed by atoms with Crippen LogP contribution in [0.15, 0.2) is 0 Å². The maximum Gasteiger partial charge on any atom is 0.308 e. The van der Waals surface area contributed by atoms with Gasteiger partial charge >= 0.3 is 5.97 Å². The molecular weight excluding hydrogens is 360 g/mol. The van der Waals surface area contributed by atoms with Crippen LogP contribution in [-0.2, 0) is 23.7 Å². The van der Waals surface area contributed by atoms with Crippen molar-refractivity contribution < 1.29 is 23.7 Å². The van der Waals surface area contributed by atoms with Gasteiger partial charge in [0.1, 0.15) is 0 Å². The van der Waals surface area contributed by atoms with Crippen molar-refractivity contribution in [3.63, 3.8) is 0 Å². The lowest BCUT2D eigenvalue weighted by molar-refractivity contribution is -0.336. The molecule has 1 aliphatic carbocycles. The molecule has 7 nitrogen and oxygen atoms in total. The Morgan fingerprint density at radius 1 is 1.11 bits per heavy atom. The summed E-state index contributed by atoms with van der Waals surface area (Å²) in [6.45, 7) is 7.52. The summed E-state index contributed by atoms with van der Waals surface area (Å²) in [6.07, 6.45) is 6.71. The predicted molar refractivity (Wildman–Crippen MR) is 105 cm³/mol. The van der Waals surface area contributed by atoms with E-state index in [9.17, 15) is 4.79 Å². The van der Waals surface area contributed by atoms with Crippen LogP contribution in [0.4, 0.5) is 0 Å². The maximum absolute atomic E-state index is 12.0. The van der Waals surface area contributed by atoms with Crippen molar-refractivity contribution in [2.45, 2.75) is 77.2 Å². The number of ether oxygens (including phenoxy) is 4. The lowest BCUT2D eigenvalue weighted by Gasteiger charge is -2.45. The molecule has 2 aliphatic heterocycles. The summed E-state index contributed by atoms with van der Waals surface area (Å²) in [6, 6.07) is 0. The zero-order chi connectivity index (χ0) is 20.1. The third kappa shape index (κ3) is 4.70. The molecule has 0 aromatic carbocycles. The van der Waals surface area contributed by atoms with Crippen LogP contribution in [0.1, 0.15) is 58.8 Å². The molecule has 0 aromatic rings. The average molecular weight is 399 g/mol. The fourth-order valence-corrected chi connectivity index (χ4v) is 5.03. The van der Waals surface area contributed by atoms with Gasteiger partial charge in [-0.1, -0.05) is 6.92 Å². The fraction of sp³-hybridized carbons (Fsp3) is 0.952. The molecule has 7 heteroatoms. The summed E-state index contributed by atoms with van der Waals surface area (Å²) in [5.41, 5.74) is 0. The molecular formula is C21H38N2O5. The lowest BCUT2D eigenvalue weighted by Crippen LogP contribution is -2.59. The van der Waals surface area contributed by atoms with E-state index in [0.29, 0.717) is 12.5 Å². The minimum Gasteiger partial charge on any atom is -0.466 e. The summed E-state index contributed by atoms with van der Waals surface area (Å²) in [5, 5.41) is 0. The van der Waals surface area contributed by atoms with Crippen molar-refractivity contribution in [3.05, 3.63) is 0 Å². The van der Waals surface area contributed by atoms with Gasteiger partial charge in [-0.15, -0.1) is 0 Å². The first-order chi connectivity index (χ1) is 13.5. The zero-order valence-electron chi connectivity index (χ0n) is 18.0. The molecule has 0 spiro atoms. The number of carbonyl (C=O) groups excluding carboxylic acids is 1. The summed E-state index contributed by atoms with van der Waals surface area (Å²) < 4.78 is 23.6. The van der Waals surface area contributed by atoms with Crippen LogP contribution in [0.25, 0.3) is 0 Å². The maximum atomic E-state index is 12.0. The Labute approximate surface area is 169 Å². The Morgan fingerprint density at radius 3 is 2.32 bits per heavy atom. The predicted octanol–water partition coefficient (Wildman–Crippen LogP) is 2.79. The minimum absolute atomic E-state index is 0.0221. The molecule has 162 valence electrons. The molecule has 2 atom stereocenters. The molecule has 2 heterocycles. The van der Waals surface area contributed by atoms with Gasteiger partial charge in [-0.2, -0.15) is 0 Å². The summed E-state index contributed by atoms with van der Waals surface area (Å²) in [7, 11) is 3.44. The molecule has 1 saturated carbocycles. The number of carbonyl (C=O) groups is 1. The number of hydrogen-bond acceptors (Lipinski definition) is 7. The molecule has 0 amide bonds. The molecule has 2 saturated heterocycles. The Hall–Kier alpha value is -0.730. The van der Waals surface area contributed by atoms with Gasteiger partial charge in [0.25, 0.3) is 0 Å². The highest BCUT2D eigenvalue weighted by molar-refractivity contribution is 5.72. The Balaban J connectivity index is 1.67. The first kappa shape index (κ1) is 22.0. The van der Waals surface area contributed by atoms with Crippen molar-refractivity contribution in [3.8, 4) is 0 Å². The van der Waals surface area contributed by atoms with Crippen molar-refractivity contribution >= 4 is 5.97 Å². The molecule has 0 radical (unpaired) electrons. The van der Waals surface area contributed by atoms with Gasteiger partial charge in [-0.3, -0.25) is 9.69 Å². The van der Waals surface area contributed by atoms with E-state index in [2.05, 4.69) is 16.7 Å². The van der Waals surface area contributed by atoms with Crippen molar-refractivity contribution in [2.75, 3.05) is 40.5 Å². The molecule has 0 aromatic heterocycles. The topological polar surface area (TPSA) is 60.5 Å². The number of hydrogen-bond donors (Lipinski definition) is 0. The Bertz CT molecular complexity index is 499. The largest absolute Gasteiger partial charge is 0.466 e. The van der Waals surface area contributed by atoms with E-state index in [1.807, 2.05) is 6.92 Å². The number of methoxy groups -OCH3 is 2. The van der Waals surface area contributed by atoms with Crippen LogP contribution in [0.3, 0.4) is 0 Å². The molecule has 28 heavy (non-hydrogen) atoms. The van der Waals surface area contributed by atoms with Crippen molar-refractivity contribution in [1.29, 1.82) is 0 Å². The third-order valence-electron chi connectivity index (χ3n) is 6.52. The van der Waals surface area contributed by atoms with Crippen LogP contribution in [0.2, 0.25) is 0 Å². The first-order valence-electron chi connectivity index (χ1n) is 11.0. The quantitative estimate of drug-likeness (QED) is 0.460. The molecule has 3 aliphatic rings. The van der Waals surface area contributed by atoms with Gasteiger partial charge in [-0.25, -0.2) is 4.90 Å². The summed E-state index contributed by atoms with van der Waals surface area (Å²) in [4.78, 5) is 16.7. The van der Waals surface area contributed by atoms with Crippen LogP contribution in [0, 0.1) is 11.8 Å². The Kier molecular flexibility index (Phi) is 7.73. The molecule has 1 unspecified atom stereocenters. The standard InChI is InChI=1S/C21H38N2O5/c1-5-27-19(24)17-8-10-18(11-9-17)28-20(22-12-6-7-13-22)23-15-16(2)14-21(23,25-3)26-4/h16-18,20H,5-15H2,1-4H3/t16-,17?,18?,20?/m0/s1. The smallest absolute Gasteiger partial charge is 0.308 e. The third-order valence-corrected chi connectivity index (χ3v) is 6.52. The number of rotatable bonds is 8. The van der Waals surface area contributed by atoms with Crippen LogP contribution < -0.4 is 0 Å². The second-order valence-electron chi connectivity index (χ2n) is 8.51. The number of nitrogens with zero attached hydrogens (tertiary/aromatic N) is 2. The van der Waals surface area contributed by atoms with Gasteiger partial charge in [0.05, 0.1) is 18.6 Å². The van der Waals surface area contributed by atoms with E-state index >= 15 is 0 Å². The average Bonchev–Trinajstić information content (AvgIpc) is 3.35. The second-order valence-corrected chi connectivity index (χ2v) is 8.51. The van der Waals surface area contributed by atoms with Crippen LogP contribution >= 0.6 is 0 Å². The molecule has 3 rings (SSSR count). The minimum atomic E-state index is -0.727. The summed E-state index contributed by atoms with van der Waals surface area (Å²) in [5.74, 6) is -0.278. The van der Waals surface area contributed by atoms with Crippen LogP contribution in [-0.4, -0.2) is 74.6 Å². The lowest BCUT2D eigenvalue weighted by atomic mass is 9.87. The zero-order valence-corrected chi connectivity index (χ0v) is 18.0. The summed E-state index contributed by atoms with van der Waals surface area (Å²) >= 11 is 0. The van der Waals surface area contributed by atoms with Gasteiger partial charge in [0.2, 0.25) is 5.91 Å². The molecule has 0 N–H and O–H groups in total. The van der Waals surface area contributed by atoms with Gasteiger partial charge in [-0.05, 0) is 51.4 Å². The van der Waals surface area contributed by atoms with E-state index in [0.717, 1.165) is 51.7 Å². The van der Waals surface area contributed by atoms with E-state index in [1.54, 1.807) is 14.2 Å². The van der Waals surface area contributed by atoms with E-state index in [1.165, 1.54) is 12.8 Å². The van der Waals surface area contributed by atoms with E-state index < -0.39 is 5.91 Å². The normalized spacial score (nSPS) is 32.5. The highest BCUT2D eigenvalue weighted by Gasteiger charge is 2.51. The van der Waals surface area contributed by atoms with Crippen molar-refractivity contribution in [1.82, 2.24) is 9.80 Å². The highest BCUT2D eigenvalue weighted by atomic mass is 16.7. The number of esters is 1. The van der Waals surface area contributed by atoms with E-state index in [-0.39, 0.29) is 24.3 Å². The fourth-order valence-electron chi connectivity index (χ4n) is 5.03. The molecule has 3 fully saturated rings. The van der Waals surface area contributed by atoms with Gasteiger partial charge in [0.15, 0.2) is 6.35 Å². The van der Waals surface area contributed by atoms with Gasteiger partial charge < -0.3 is 18.9 Å². The second kappa shape index (κ2) is 9.85. The first-order valence-corrected chi connectivity index (χ1v) is 11.0. The van der Waals surface area contributed by atoms with E-state index in [4.69, 9.17) is 18.9 Å².